The molecule has 5 heteroatoms. The molecule has 3 rings (SSSR count). The molecule has 1 aromatic rings. The molecule has 2 aliphatic rings. The molecule has 2 unspecified atom stereocenters. The molecule has 2 N–H and O–H groups in total. The van der Waals surface area contributed by atoms with Crippen LogP contribution in [0.4, 0.5) is 5.69 Å². The third-order valence-electron chi connectivity index (χ3n) is 3.99. The van der Waals surface area contributed by atoms with E-state index in [-0.39, 0.29) is 18.1 Å². The molecule has 1 amide bonds. The van der Waals surface area contributed by atoms with Crippen LogP contribution in [-0.4, -0.2) is 36.1 Å². The minimum atomic E-state index is -0.0276. The number of hydrogen-bond acceptors (Lipinski definition) is 3. The van der Waals surface area contributed by atoms with Gasteiger partial charge in [-0.3, -0.25) is 4.79 Å². The Morgan fingerprint density at radius 1 is 1.42 bits per heavy atom. The third kappa shape index (κ3) is 2.30. The number of rotatable bonds is 1. The van der Waals surface area contributed by atoms with Gasteiger partial charge in [0.25, 0.3) is 5.91 Å². The van der Waals surface area contributed by atoms with Crippen molar-refractivity contribution in [2.75, 3.05) is 18.9 Å². The van der Waals surface area contributed by atoms with E-state index in [4.69, 9.17) is 22.1 Å². The Kier molecular flexibility index (Phi) is 3.37. The number of halogens is 1. The standard InChI is InChI=1S/C14H17ClN2O2/c15-9-4-5-11(16)10(8-9)14(18)17-6-7-19-13-3-1-2-12(13)17/h4-5,8,12-13H,1-3,6-7,16H2. The van der Waals surface area contributed by atoms with Crippen LogP contribution in [-0.2, 0) is 4.74 Å². The topological polar surface area (TPSA) is 55.6 Å². The van der Waals surface area contributed by atoms with Crippen molar-refractivity contribution in [3.05, 3.63) is 28.8 Å². The van der Waals surface area contributed by atoms with Crippen LogP contribution in [0.25, 0.3) is 0 Å². The largest absolute Gasteiger partial charge is 0.398 e. The summed E-state index contributed by atoms with van der Waals surface area (Å²) in [5.74, 6) is -0.0276. The molecular formula is C14H17ClN2O2. The van der Waals surface area contributed by atoms with Crippen molar-refractivity contribution in [3.63, 3.8) is 0 Å². The minimum Gasteiger partial charge on any atom is -0.398 e. The lowest BCUT2D eigenvalue weighted by Gasteiger charge is -2.37. The first kappa shape index (κ1) is 12.8. The Bertz CT molecular complexity index is 506. The second kappa shape index (κ2) is 5.02. The van der Waals surface area contributed by atoms with Crippen molar-refractivity contribution in [3.8, 4) is 0 Å². The van der Waals surface area contributed by atoms with Crippen LogP contribution in [0.2, 0.25) is 5.02 Å². The molecule has 0 radical (unpaired) electrons. The van der Waals surface area contributed by atoms with E-state index >= 15 is 0 Å². The first-order valence-corrected chi connectivity index (χ1v) is 7.02. The van der Waals surface area contributed by atoms with E-state index in [1.807, 2.05) is 4.90 Å². The Balaban J connectivity index is 1.88. The minimum absolute atomic E-state index is 0.0276. The van der Waals surface area contributed by atoms with Crippen LogP contribution >= 0.6 is 11.6 Å². The van der Waals surface area contributed by atoms with E-state index < -0.39 is 0 Å². The van der Waals surface area contributed by atoms with Crippen LogP contribution in [0.15, 0.2) is 18.2 Å². The van der Waals surface area contributed by atoms with Gasteiger partial charge in [-0.15, -0.1) is 0 Å². The van der Waals surface area contributed by atoms with Crippen LogP contribution in [0, 0.1) is 0 Å². The maximum atomic E-state index is 12.6. The van der Waals surface area contributed by atoms with E-state index in [1.54, 1.807) is 18.2 Å². The van der Waals surface area contributed by atoms with Crippen molar-refractivity contribution < 1.29 is 9.53 Å². The van der Waals surface area contributed by atoms with E-state index in [2.05, 4.69) is 0 Å². The number of morpholine rings is 1. The number of nitrogens with zero attached hydrogens (tertiary/aromatic N) is 1. The molecule has 1 aliphatic heterocycles. The van der Waals surface area contributed by atoms with Crippen molar-refractivity contribution in [2.45, 2.75) is 31.4 Å². The number of nitrogens with two attached hydrogens (primary N) is 1. The summed E-state index contributed by atoms with van der Waals surface area (Å²) in [6.07, 6.45) is 3.36. The fourth-order valence-corrected chi connectivity index (χ4v) is 3.22. The first-order valence-electron chi connectivity index (χ1n) is 6.64. The zero-order valence-electron chi connectivity index (χ0n) is 10.6. The van der Waals surface area contributed by atoms with Gasteiger partial charge in [0, 0.05) is 17.3 Å². The fourth-order valence-electron chi connectivity index (χ4n) is 3.05. The molecular weight excluding hydrogens is 264 g/mol. The van der Waals surface area contributed by atoms with Crippen LogP contribution < -0.4 is 5.73 Å². The molecule has 19 heavy (non-hydrogen) atoms. The first-order chi connectivity index (χ1) is 9.16. The van der Waals surface area contributed by atoms with Crippen LogP contribution in [0.1, 0.15) is 29.6 Å². The van der Waals surface area contributed by atoms with Crippen LogP contribution in [0.3, 0.4) is 0 Å². The summed E-state index contributed by atoms with van der Waals surface area (Å²) in [5, 5.41) is 0.536. The van der Waals surface area contributed by atoms with Crippen molar-refractivity contribution in [2.24, 2.45) is 0 Å². The highest BCUT2D eigenvalue weighted by molar-refractivity contribution is 6.31. The highest BCUT2D eigenvalue weighted by Gasteiger charge is 2.38. The zero-order chi connectivity index (χ0) is 13.4. The molecule has 102 valence electrons. The van der Waals surface area contributed by atoms with E-state index in [0.29, 0.717) is 29.4 Å². The molecule has 2 atom stereocenters. The van der Waals surface area contributed by atoms with Gasteiger partial charge in [0.1, 0.15) is 0 Å². The molecule has 1 aromatic carbocycles. The molecule has 1 heterocycles. The lowest BCUT2D eigenvalue weighted by atomic mass is 10.1. The number of anilines is 1. The molecule has 1 saturated carbocycles. The molecule has 2 fully saturated rings. The Morgan fingerprint density at radius 3 is 3.11 bits per heavy atom. The van der Waals surface area contributed by atoms with Gasteiger partial charge >= 0.3 is 0 Å². The van der Waals surface area contributed by atoms with Gasteiger partial charge in [0.2, 0.25) is 0 Å². The van der Waals surface area contributed by atoms with E-state index in [9.17, 15) is 4.79 Å². The molecule has 1 saturated heterocycles. The van der Waals surface area contributed by atoms with Gasteiger partial charge in [0.05, 0.1) is 24.3 Å². The quantitative estimate of drug-likeness (QED) is 0.803. The molecule has 0 aromatic heterocycles. The number of amides is 1. The molecule has 1 aliphatic carbocycles. The van der Waals surface area contributed by atoms with Gasteiger partial charge in [-0.05, 0) is 37.5 Å². The average Bonchev–Trinajstić information content (AvgIpc) is 2.89. The number of fused-ring (bicyclic) bond motifs is 1. The summed E-state index contributed by atoms with van der Waals surface area (Å²) in [7, 11) is 0. The number of carbonyl (C=O) groups is 1. The van der Waals surface area contributed by atoms with E-state index in [1.165, 1.54) is 0 Å². The lowest BCUT2D eigenvalue weighted by Crippen LogP contribution is -2.51. The monoisotopic (exact) mass is 280 g/mol. The summed E-state index contributed by atoms with van der Waals surface area (Å²) >= 11 is 5.96. The fraction of sp³-hybridized carbons (Fsp3) is 0.500. The Hall–Kier alpha value is -1.26. The SMILES string of the molecule is Nc1ccc(Cl)cc1C(=O)N1CCOC2CCCC21. The second-order valence-corrected chi connectivity index (χ2v) is 5.57. The number of carbonyl (C=O) groups excluding carboxylic acids is 1. The van der Waals surface area contributed by atoms with Crippen molar-refractivity contribution in [1.29, 1.82) is 0 Å². The summed E-state index contributed by atoms with van der Waals surface area (Å²) in [5.41, 5.74) is 6.88. The third-order valence-corrected chi connectivity index (χ3v) is 4.22. The summed E-state index contributed by atoms with van der Waals surface area (Å²) in [4.78, 5) is 14.6. The number of ether oxygens (including phenoxy) is 1. The van der Waals surface area contributed by atoms with Gasteiger partial charge in [-0.2, -0.15) is 0 Å². The van der Waals surface area contributed by atoms with Crippen molar-refractivity contribution >= 4 is 23.2 Å². The zero-order valence-corrected chi connectivity index (χ0v) is 11.4. The highest BCUT2D eigenvalue weighted by atomic mass is 35.5. The van der Waals surface area contributed by atoms with Gasteiger partial charge in [0.15, 0.2) is 0 Å². The van der Waals surface area contributed by atoms with Gasteiger partial charge < -0.3 is 15.4 Å². The normalized spacial score (nSPS) is 26.3. The number of nitrogen functional groups attached to an aromatic ring is 1. The molecule has 0 spiro atoms. The predicted octanol–water partition coefficient (Wildman–Crippen LogP) is 2.32. The smallest absolute Gasteiger partial charge is 0.256 e. The summed E-state index contributed by atoms with van der Waals surface area (Å²) in [6, 6.07) is 5.23. The maximum absolute atomic E-state index is 12.6. The molecule has 4 nitrogen and oxygen atoms in total. The highest BCUT2D eigenvalue weighted by Crippen LogP contribution is 2.31. The van der Waals surface area contributed by atoms with E-state index in [0.717, 1.165) is 19.3 Å². The number of hydrogen-bond donors (Lipinski definition) is 1. The Morgan fingerprint density at radius 2 is 2.26 bits per heavy atom. The van der Waals surface area contributed by atoms with Crippen LogP contribution in [0.5, 0.6) is 0 Å². The number of benzene rings is 1. The van der Waals surface area contributed by atoms with Gasteiger partial charge in [-0.1, -0.05) is 11.6 Å². The summed E-state index contributed by atoms with van der Waals surface area (Å²) < 4.78 is 5.72. The summed E-state index contributed by atoms with van der Waals surface area (Å²) in [6.45, 7) is 1.24. The predicted molar refractivity (Wildman–Crippen MR) is 74.3 cm³/mol. The lowest BCUT2D eigenvalue weighted by molar-refractivity contribution is -0.0445. The second-order valence-electron chi connectivity index (χ2n) is 5.14. The maximum Gasteiger partial charge on any atom is 0.256 e. The molecule has 0 bridgehead atoms. The average molecular weight is 281 g/mol. The van der Waals surface area contributed by atoms with Crippen molar-refractivity contribution in [1.82, 2.24) is 4.90 Å². The Labute approximate surface area is 117 Å². The van der Waals surface area contributed by atoms with Gasteiger partial charge in [-0.25, -0.2) is 0 Å².